The number of rotatable bonds is 3. The lowest BCUT2D eigenvalue weighted by Gasteiger charge is -2.19. The monoisotopic (exact) mass is 298 g/mol. The summed E-state index contributed by atoms with van der Waals surface area (Å²) < 4.78 is 6.45. The second-order valence-electron chi connectivity index (χ2n) is 4.37. The number of hydrogen-bond donors (Lipinski definition) is 2. The van der Waals surface area contributed by atoms with Crippen molar-refractivity contribution in [3.05, 3.63) is 22.7 Å². The van der Waals surface area contributed by atoms with Crippen LogP contribution in [0, 0.1) is 0 Å². The molecule has 0 bridgehead atoms. The van der Waals surface area contributed by atoms with Crippen molar-refractivity contribution in [1.29, 1.82) is 0 Å². The van der Waals surface area contributed by atoms with Gasteiger partial charge in [-0.25, -0.2) is 0 Å². The SMILES string of the molecule is COc1ccc(Br)cc1NC1CCCNCC1. The van der Waals surface area contributed by atoms with Gasteiger partial charge in [0.2, 0.25) is 0 Å². The maximum atomic E-state index is 5.37. The smallest absolute Gasteiger partial charge is 0.142 e. The minimum absolute atomic E-state index is 0.535. The van der Waals surface area contributed by atoms with Crippen LogP contribution in [0.4, 0.5) is 5.69 Å². The topological polar surface area (TPSA) is 33.3 Å². The summed E-state index contributed by atoms with van der Waals surface area (Å²) in [5, 5.41) is 7.01. The molecule has 1 atom stereocenters. The van der Waals surface area contributed by atoms with Crippen LogP contribution in [0.15, 0.2) is 22.7 Å². The van der Waals surface area contributed by atoms with Gasteiger partial charge in [0.15, 0.2) is 0 Å². The maximum Gasteiger partial charge on any atom is 0.142 e. The summed E-state index contributed by atoms with van der Waals surface area (Å²) in [6, 6.07) is 6.60. The molecule has 0 aliphatic carbocycles. The Bertz CT molecular complexity index is 362. The standard InChI is InChI=1S/C13H19BrN2O/c1-17-13-5-4-10(14)9-12(13)16-11-3-2-7-15-8-6-11/h4-5,9,11,15-16H,2-3,6-8H2,1H3. The van der Waals surface area contributed by atoms with E-state index >= 15 is 0 Å². The first-order chi connectivity index (χ1) is 8.29. The van der Waals surface area contributed by atoms with Crippen molar-refractivity contribution < 1.29 is 4.74 Å². The molecule has 1 heterocycles. The fraction of sp³-hybridized carbons (Fsp3) is 0.538. The van der Waals surface area contributed by atoms with Crippen molar-refractivity contribution in [2.45, 2.75) is 25.3 Å². The Kier molecular flexibility index (Phi) is 4.68. The summed E-state index contributed by atoms with van der Waals surface area (Å²) >= 11 is 3.50. The van der Waals surface area contributed by atoms with Crippen LogP contribution in [0.1, 0.15) is 19.3 Å². The predicted octanol–water partition coefficient (Wildman–Crippen LogP) is 3.01. The molecule has 1 aromatic rings. The number of ether oxygens (including phenoxy) is 1. The van der Waals surface area contributed by atoms with Crippen LogP contribution in [-0.4, -0.2) is 26.2 Å². The van der Waals surface area contributed by atoms with Gasteiger partial charge in [0.05, 0.1) is 12.8 Å². The van der Waals surface area contributed by atoms with Crippen LogP contribution in [0.3, 0.4) is 0 Å². The Labute approximate surface area is 111 Å². The van der Waals surface area contributed by atoms with E-state index in [0.29, 0.717) is 6.04 Å². The molecule has 0 radical (unpaired) electrons. The molecule has 1 unspecified atom stereocenters. The zero-order valence-electron chi connectivity index (χ0n) is 10.1. The van der Waals surface area contributed by atoms with Gasteiger partial charge in [-0.05, 0) is 50.6 Å². The number of anilines is 1. The third kappa shape index (κ3) is 3.61. The molecular weight excluding hydrogens is 280 g/mol. The van der Waals surface area contributed by atoms with E-state index in [9.17, 15) is 0 Å². The van der Waals surface area contributed by atoms with E-state index in [4.69, 9.17) is 4.74 Å². The van der Waals surface area contributed by atoms with E-state index in [2.05, 4.69) is 32.6 Å². The average molecular weight is 299 g/mol. The fourth-order valence-electron chi connectivity index (χ4n) is 2.18. The van der Waals surface area contributed by atoms with Gasteiger partial charge in [-0.2, -0.15) is 0 Å². The normalized spacial score (nSPS) is 20.7. The summed E-state index contributed by atoms with van der Waals surface area (Å²) in [4.78, 5) is 0. The lowest BCUT2D eigenvalue weighted by molar-refractivity contribution is 0.415. The highest BCUT2D eigenvalue weighted by molar-refractivity contribution is 9.10. The van der Waals surface area contributed by atoms with Gasteiger partial charge < -0.3 is 15.4 Å². The molecule has 1 aliphatic heterocycles. The highest BCUT2D eigenvalue weighted by Crippen LogP contribution is 2.29. The van der Waals surface area contributed by atoms with Gasteiger partial charge in [-0.1, -0.05) is 15.9 Å². The van der Waals surface area contributed by atoms with Gasteiger partial charge in [0, 0.05) is 10.5 Å². The molecule has 0 aromatic heterocycles. The summed E-state index contributed by atoms with van der Waals surface area (Å²) in [6.07, 6.45) is 3.60. The van der Waals surface area contributed by atoms with Crippen molar-refractivity contribution in [3.8, 4) is 5.75 Å². The summed E-state index contributed by atoms with van der Waals surface area (Å²) in [5.74, 6) is 0.908. The molecule has 1 saturated heterocycles. The lowest BCUT2D eigenvalue weighted by atomic mass is 10.1. The zero-order chi connectivity index (χ0) is 12.1. The van der Waals surface area contributed by atoms with Crippen LogP contribution in [0.2, 0.25) is 0 Å². The first kappa shape index (κ1) is 12.7. The van der Waals surface area contributed by atoms with Gasteiger partial charge in [0.25, 0.3) is 0 Å². The van der Waals surface area contributed by atoms with Crippen molar-refractivity contribution in [3.63, 3.8) is 0 Å². The molecule has 2 N–H and O–H groups in total. The second-order valence-corrected chi connectivity index (χ2v) is 5.28. The molecular formula is C13H19BrN2O. The van der Waals surface area contributed by atoms with Gasteiger partial charge >= 0.3 is 0 Å². The van der Waals surface area contributed by atoms with E-state index in [-0.39, 0.29) is 0 Å². The largest absolute Gasteiger partial charge is 0.495 e. The first-order valence-electron chi connectivity index (χ1n) is 6.10. The van der Waals surface area contributed by atoms with Crippen molar-refractivity contribution in [1.82, 2.24) is 5.32 Å². The maximum absolute atomic E-state index is 5.37. The summed E-state index contributed by atoms with van der Waals surface area (Å²) in [5.41, 5.74) is 1.08. The van der Waals surface area contributed by atoms with Crippen LogP contribution in [0.25, 0.3) is 0 Å². The number of nitrogens with one attached hydrogen (secondary N) is 2. The number of benzene rings is 1. The lowest BCUT2D eigenvalue weighted by Crippen LogP contribution is -2.21. The molecule has 3 nitrogen and oxygen atoms in total. The Morgan fingerprint density at radius 2 is 2.24 bits per heavy atom. The van der Waals surface area contributed by atoms with E-state index < -0.39 is 0 Å². The van der Waals surface area contributed by atoms with Gasteiger partial charge in [-0.3, -0.25) is 0 Å². The van der Waals surface area contributed by atoms with Crippen LogP contribution < -0.4 is 15.4 Å². The first-order valence-corrected chi connectivity index (χ1v) is 6.89. The molecule has 0 amide bonds. The molecule has 94 valence electrons. The highest BCUT2D eigenvalue weighted by atomic mass is 79.9. The summed E-state index contributed by atoms with van der Waals surface area (Å²) in [6.45, 7) is 2.22. The van der Waals surface area contributed by atoms with E-state index in [1.807, 2.05) is 12.1 Å². The third-order valence-electron chi connectivity index (χ3n) is 3.10. The van der Waals surface area contributed by atoms with E-state index in [0.717, 1.165) is 35.4 Å². The van der Waals surface area contributed by atoms with E-state index in [1.54, 1.807) is 7.11 Å². The summed E-state index contributed by atoms with van der Waals surface area (Å²) in [7, 11) is 1.71. The van der Waals surface area contributed by atoms with Gasteiger partial charge in [0.1, 0.15) is 5.75 Å². The van der Waals surface area contributed by atoms with E-state index in [1.165, 1.54) is 12.8 Å². The molecule has 0 saturated carbocycles. The quantitative estimate of drug-likeness (QED) is 0.900. The zero-order valence-corrected chi connectivity index (χ0v) is 11.7. The average Bonchev–Trinajstić information content (AvgIpc) is 2.58. The van der Waals surface area contributed by atoms with Crippen molar-refractivity contribution in [2.24, 2.45) is 0 Å². The van der Waals surface area contributed by atoms with Gasteiger partial charge in [-0.15, -0.1) is 0 Å². The molecule has 1 aromatic carbocycles. The number of halogens is 1. The molecule has 4 heteroatoms. The highest BCUT2D eigenvalue weighted by Gasteiger charge is 2.13. The second kappa shape index (κ2) is 6.26. The fourth-order valence-corrected chi connectivity index (χ4v) is 2.54. The van der Waals surface area contributed by atoms with Crippen LogP contribution >= 0.6 is 15.9 Å². The van der Waals surface area contributed by atoms with Crippen LogP contribution in [0.5, 0.6) is 5.75 Å². The predicted molar refractivity (Wildman–Crippen MR) is 74.8 cm³/mol. The Morgan fingerprint density at radius 3 is 3.06 bits per heavy atom. The molecule has 1 fully saturated rings. The Balaban J connectivity index is 2.07. The molecule has 17 heavy (non-hydrogen) atoms. The Morgan fingerprint density at radius 1 is 1.35 bits per heavy atom. The van der Waals surface area contributed by atoms with Crippen LogP contribution in [-0.2, 0) is 0 Å². The Hall–Kier alpha value is -0.740. The van der Waals surface area contributed by atoms with Crippen molar-refractivity contribution >= 4 is 21.6 Å². The minimum Gasteiger partial charge on any atom is -0.495 e. The number of methoxy groups -OCH3 is 1. The van der Waals surface area contributed by atoms with Crippen molar-refractivity contribution in [2.75, 3.05) is 25.5 Å². The number of hydrogen-bond acceptors (Lipinski definition) is 3. The molecule has 1 aliphatic rings. The molecule has 0 spiro atoms. The molecule has 2 rings (SSSR count). The third-order valence-corrected chi connectivity index (χ3v) is 3.59. The minimum atomic E-state index is 0.535.